The van der Waals surface area contributed by atoms with Crippen LogP contribution in [0.15, 0.2) is 30.3 Å². The molecule has 124 valence electrons. The number of carbonyl (C=O) groups is 2. The van der Waals surface area contributed by atoms with E-state index in [1.165, 1.54) is 0 Å². The molecule has 0 aromatic heterocycles. The Balaban J connectivity index is 1.75. The van der Waals surface area contributed by atoms with Crippen molar-refractivity contribution in [2.75, 3.05) is 13.1 Å². The molecule has 1 N–H and O–H groups in total. The minimum atomic E-state index is -0.0205. The molecule has 4 heteroatoms. The number of nitrogens with zero attached hydrogens (tertiary/aromatic N) is 1. The Morgan fingerprint density at radius 3 is 2.74 bits per heavy atom. The molecule has 0 unspecified atom stereocenters. The van der Waals surface area contributed by atoms with Crippen LogP contribution in [0.3, 0.4) is 0 Å². The molecule has 4 nitrogen and oxygen atoms in total. The number of nitrogens with one attached hydrogen (secondary N) is 1. The van der Waals surface area contributed by atoms with Crippen molar-refractivity contribution >= 4 is 11.8 Å². The maximum absolute atomic E-state index is 12.9. The molecule has 1 saturated carbocycles. The van der Waals surface area contributed by atoms with Gasteiger partial charge in [-0.15, -0.1) is 0 Å². The predicted molar refractivity (Wildman–Crippen MR) is 89.8 cm³/mol. The second kappa shape index (κ2) is 7.62. The third-order valence-electron chi connectivity index (χ3n) is 5.11. The molecular weight excluding hydrogens is 288 g/mol. The van der Waals surface area contributed by atoms with Crippen LogP contribution in [0.4, 0.5) is 0 Å². The van der Waals surface area contributed by atoms with Crippen LogP contribution in [-0.2, 0) is 16.0 Å². The van der Waals surface area contributed by atoms with E-state index in [2.05, 4.69) is 5.32 Å². The summed E-state index contributed by atoms with van der Waals surface area (Å²) in [5.74, 6) is 0.293. The number of hydrogen-bond donors (Lipinski definition) is 1. The Kier molecular flexibility index (Phi) is 5.31. The molecule has 1 aromatic carbocycles. The third-order valence-corrected chi connectivity index (χ3v) is 5.11. The van der Waals surface area contributed by atoms with E-state index in [1.54, 1.807) is 0 Å². The SMILES string of the molecule is O=C1NCCCCCN(C(=O)Cc2ccccc2)[C@H]2CCC[C@@H]12. The molecule has 1 aromatic rings. The number of rotatable bonds is 2. The molecule has 1 saturated heterocycles. The number of hydrogen-bond acceptors (Lipinski definition) is 2. The van der Waals surface area contributed by atoms with Crippen molar-refractivity contribution in [3.05, 3.63) is 35.9 Å². The molecule has 2 amide bonds. The Bertz CT molecular complexity index is 544. The molecule has 1 aliphatic carbocycles. The van der Waals surface area contributed by atoms with Crippen LogP contribution < -0.4 is 5.32 Å². The van der Waals surface area contributed by atoms with Gasteiger partial charge >= 0.3 is 0 Å². The first-order valence-corrected chi connectivity index (χ1v) is 8.87. The smallest absolute Gasteiger partial charge is 0.227 e. The van der Waals surface area contributed by atoms with Crippen molar-refractivity contribution in [1.29, 1.82) is 0 Å². The van der Waals surface area contributed by atoms with E-state index in [-0.39, 0.29) is 23.8 Å². The monoisotopic (exact) mass is 314 g/mol. The summed E-state index contributed by atoms with van der Waals surface area (Å²) in [6.45, 7) is 1.57. The lowest BCUT2D eigenvalue weighted by Crippen LogP contribution is -2.48. The minimum Gasteiger partial charge on any atom is -0.356 e. The zero-order valence-electron chi connectivity index (χ0n) is 13.7. The summed E-state index contributed by atoms with van der Waals surface area (Å²) >= 11 is 0. The van der Waals surface area contributed by atoms with E-state index in [0.29, 0.717) is 6.42 Å². The van der Waals surface area contributed by atoms with Crippen LogP contribution in [0.1, 0.15) is 44.1 Å². The van der Waals surface area contributed by atoms with Crippen LogP contribution in [0, 0.1) is 5.92 Å². The number of amides is 2. The average Bonchev–Trinajstić information content (AvgIpc) is 3.04. The third kappa shape index (κ3) is 3.92. The van der Waals surface area contributed by atoms with Crippen LogP contribution in [-0.4, -0.2) is 35.8 Å². The number of fused-ring (bicyclic) bond motifs is 1. The van der Waals surface area contributed by atoms with Gasteiger partial charge in [-0.1, -0.05) is 36.8 Å². The second-order valence-corrected chi connectivity index (χ2v) is 6.71. The normalized spacial score (nSPS) is 25.6. The van der Waals surface area contributed by atoms with Crippen molar-refractivity contribution in [2.24, 2.45) is 5.92 Å². The lowest BCUT2D eigenvalue weighted by Gasteiger charge is -2.33. The summed E-state index contributed by atoms with van der Waals surface area (Å²) in [5, 5.41) is 3.06. The Labute approximate surface area is 138 Å². The standard InChI is InChI=1S/C19H26N2O2/c22-18(14-15-8-3-1-4-9-15)21-13-6-2-5-12-20-19(23)16-10-7-11-17(16)21/h1,3-4,8-9,16-17H,2,5-7,10-14H2,(H,20,23)/t16-,17+/m1/s1. The summed E-state index contributed by atoms with van der Waals surface area (Å²) in [6, 6.07) is 9.99. The van der Waals surface area contributed by atoms with Gasteiger partial charge in [-0.2, -0.15) is 0 Å². The first-order chi connectivity index (χ1) is 11.3. The number of benzene rings is 1. The first-order valence-electron chi connectivity index (χ1n) is 8.87. The highest BCUT2D eigenvalue weighted by Gasteiger charge is 2.38. The molecule has 3 rings (SSSR count). The highest BCUT2D eigenvalue weighted by Crippen LogP contribution is 2.31. The van der Waals surface area contributed by atoms with E-state index in [4.69, 9.17) is 0 Å². The Hall–Kier alpha value is -1.84. The van der Waals surface area contributed by atoms with E-state index >= 15 is 0 Å². The van der Waals surface area contributed by atoms with Crippen LogP contribution in [0.5, 0.6) is 0 Å². The molecule has 2 atom stereocenters. The van der Waals surface area contributed by atoms with Gasteiger partial charge in [-0.3, -0.25) is 9.59 Å². The zero-order chi connectivity index (χ0) is 16.1. The number of carbonyl (C=O) groups excluding carboxylic acids is 2. The van der Waals surface area contributed by atoms with E-state index in [1.807, 2.05) is 35.2 Å². The van der Waals surface area contributed by atoms with Gasteiger partial charge < -0.3 is 10.2 Å². The topological polar surface area (TPSA) is 49.4 Å². The molecule has 1 heterocycles. The molecule has 0 spiro atoms. The van der Waals surface area contributed by atoms with E-state index < -0.39 is 0 Å². The van der Waals surface area contributed by atoms with Gasteiger partial charge in [-0.05, 0) is 37.7 Å². The van der Waals surface area contributed by atoms with E-state index in [0.717, 1.165) is 57.2 Å². The summed E-state index contributed by atoms with van der Waals surface area (Å²) in [4.78, 5) is 27.3. The summed E-state index contributed by atoms with van der Waals surface area (Å²) in [5.41, 5.74) is 1.05. The Morgan fingerprint density at radius 1 is 1.09 bits per heavy atom. The Morgan fingerprint density at radius 2 is 1.91 bits per heavy atom. The van der Waals surface area contributed by atoms with Crippen molar-refractivity contribution < 1.29 is 9.59 Å². The molecule has 2 aliphatic rings. The van der Waals surface area contributed by atoms with E-state index in [9.17, 15) is 9.59 Å². The molecule has 0 radical (unpaired) electrons. The highest BCUT2D eigenvalue weighted by molar-refractivity contribution is 5.83. The molecule has 0 bridgehead atoms. The first kappa shape index (κ1) is 16.0. The average molecular weight is 314 g/mol. The maximum atomic E-state index is 12.9. The lowest BCUT2D eigenvalue weighted by atomic mass is 9.98. The zero-order valence-corrected chi connectivity index (χ0v) is 13.7. The minimum absolute atomic E-state index is 0.0205. The van der Waals surface area contributed by atoms with Gasteiger partial charge in [0.25, 0.3) is 0 Å². The summed E-state index contributed by atoms with van der Waals surface area (Å²) in [7, 11) is 0. The van der Waals surface area contributed by atoms with Crippen LogP contribution in [0.25, 0.3) is 0 Å². The summed E-state index contributed by atoms with van der Waals surface area (Å²) < 4.78 is 0. The van der Waals surface area contributed by atoms with Gasteiger partial charge in [0.1, 0.15) is 0 Å². The van der Waals surface area contributed by atoms with Gasteiger partial charge in [-0.25, -0.2) is 0 Å². The van der Waals surface area contributed by atoms with Crippen molar-refractivity contribution in [3.8, 4) is 0 Å². The largest absolute Gasteiger partial charge is 0.356 e. The summed E-state index contributed by atoms with van der Waals surface area (Å²) in [6.07, 6.45) is 6.43. The lowest BCUT2D eigenvalue weighted by molar-refractivity contribution is -0.136. The molecular formula is C19H26N2O2. The fourth-order valence-corrected chi connectivity index (χ4v) is 3.89. The fraction of sp³-hybridized carbons (Fsp3) is 0.579. The van der Waals surface area contributed by atoms with Crippen molar-refractivity contribution in [1.82, 2.24) is 10.2 Å². The van der Waals surface area contributed by atoms with Crippen LogP contribution >= 0.6 is 0 Å². The quantitative estimate of drug-likeness (QED) is 0.912. The maximum Gasteiger partial charge on any atom is 0.227 e. The van der Waals surface area contributed by atoms with Gasteiger partial charge in [0, 0.05) is 19.1 Å². The second-order valence-electron chi connectivity index (χ2n) is 6.71. The predicted octanol–water partition coefficient (Wildman–Crippen LogP) is 2.53. The van der Waals surface area contributed by atoms with Gasteiger partial charge in [0.05, 0.1) is 12.3 Å². The van der Waals surface area contributed by atoms with Gasteiger partial charge in [0.15, 0.2) is 0 Å². The van der Waals surface area contributed by atoms with Crippen molar-refractivity contribution in [3.63, 3.8) is 0 Å². The fourth-order valence-electron chi connectivity index (χ4n) is 3.89. The molecule has 2 fully saturated rings. The molecule has 1 aliphatic heterocycles. The van der Waals surface area contributed by atoms with Crippen molar-refractivity contribution in [2.45, 2.75) is 51.0 Å². The molecule has 23 heavy (non-hydrogen) atoms. The van der Waals surface area contributed by atoms with Crippen LogP contribution in [0.2, 0.25) is 0 Å². The highest BCUT2D eigenvalue weighted by atomic mass is 16.2. The van der Waals surface area contributed by atoms with Gasteiger partial charge in [0.2, 0.25) is 11.8 Å².